The molecule has 0 bridgehead atoms. The number of nitrogens with one attached hydrogen (secondary N) is 1. The Hall–Kier alpha value is -3.72. The molecule has 8 nitrogen and oxygen atoms in total. The zero-order valence-electron chi connectivity index (χ0n) is 16.8. The molecule has 3 aromatic rings. The summed E-state index contributed by atoms with van der Waals surface area (Å²) in [4.78, 5) is 23.4. The summed E-state index contributed by atoms with van der Waals surface area (Å²) in [5, 5.41) is 13.6. The number of sulfonamides is 1. The molecule has 0 saturated carbocycles. The largest absolute Gasteiger partial charge is 0.324 e. The number of carbonyl (C=O) groups excluding carboxylic acids is 1. The number of hydrogen-bond acceptors (Lipinski definition) is 5. The Labute approximate surface area is 179 Å². The van der Waals surface area contributed by atoms with Crippen LogP contribution in [0, 0.1) is 24.0 Å². The van der Waals surface area contributed by atoms with E-state index in [0.717, 1.165) is 15.4 Å². The highest BCUT2D eigenvalue weighted by atomic mass is 32.2. The Morgan fingerprint density at radius 3 is 2.52 bits per heavy atom. The van der Waals surface area contributed by atoms with Crippen LogP contribution in [-0.2, 0) is 14.8 Å². The molecule has 9 heteroatoms. The fourth-order valence-corrected chi connectivity index (χ4v) is 5.24. The van der Waals surface area contributed by atoms with Gasteiger partial charge in [-0.1, -0.05) is 35.9 Å². The minimum atomic E-state index is -3.96. The molecule has 0 fully saturated rings. The monoisotopic (exact) mass is 437 g/mol. The van der Waals surface area contributed by atoms with E-state index < -0.39 is 27.4 Å². The van der Waals surface area contributed by atoms with Gasteiger partial charge in [-0.25, -0.2) is 8.42 Å². The van der Waals surface area contributed by atoms with E-state index in [4.69, 9.17) is 0 Å². The Morgan fingerprint density at radius 1 is 1.03 bits per heavy atom. The Morgan fingerprint density at radius 2 is 1.77 bits per heavy atom. The maximum atomic E-state index is 13.3. The highest BCUT2D eigenvalue weighted by molar-refractivity contribution is 7.93. The molecule has 158 valence electrons. The van der Waals surface area contributed by atoms with Crippen molar-refractivity contribution in [1.29, 1.82) is 0 Å². The summed E-state index contributed by atoms with van der Waals surface area (Å²) in [6, 6.07) is 16.2. The van der Waals surface area contributed by atoms with Crippen LogP contribution in [0.4, 0.5) is 17.1 Å². The van der Waals surface area contributed by atoms with E-state index >= 15 is 0 Å². The van der Waals surface area contributed by atoms with Crippen LogP contribution in [0.25, 0.3) is 11.1 Å². The normalized spacial score (nSPS) is 13.8. The van der Waals surface area contributed by atoms with Crippen molar-refractivity contribution in [3.63, 3.8) is 0 Å². The molecule has 3 aromatic carbocycles. The van der Waals surface area contributed by atoms with E-state index in [1.54, 1.807) is 37.3 Å². The van der Waals surface area contributed by atoms with E-state index in [-0.39, 0.29) is 16.3 Å². The summed E-state index contributed by atoms with van der Waals surface area (Å²) in [6.07, 6.45) is 0. The zero-order chi connectivity index (χ0) is 22.3. The second-order valence-corrected chi connectivity index (χ2v) is 9.16. The van der Waals surface area contributed by atoms with Gasteiger partial charge >= 0.3 is 0 Å². The van der Waals surface area contributed by atoms with Crippen LogP contribution in [0.2, 0.25) is 0 Å². The number of amides is 1. The number of carbonyl (C=O) groups is 1. The first-order valence-electron chi connectivity index (χ1n) is 9.46. The van der Waals surface area contributed by atoms with E-state index in [1.807, 2.05) is 13.0 Å². The number of nitro benzene ring substituents is 1. The minimum Gasteiger partial charge on any atom is -0.324 e. The maximum Gasteiger partial charge on any atom is 0.271 e. The fourth-order valence-electron chi connectivity index (χ4n) is 3.59. The van der Waals surface area contributed by atoms with Crippen molar-refractivity contribution in [3.05, 3.63) is 81.9 Å². The number of nitro groups is 1. The molecule has 0 aromatic heterocycles. The molecule has 1 amide bonds. The van der Waals surface area contributed by atoms with E-state index in [2.05, 4.69) is 5.32 Å². The second kappa shape index (κ2) is 7.51. The van der Waals surface area contributed by atoms with Crippen molar-refractivity contribution in [2.75, 3.05) is 16.2 Å². The van der Waals surface area contributed by atoms with Gasteiger partial charge < -0.3 is 5.32 Å². The SMILES string of the molecule is Cc1ccc2c(c1)-c1ccccc1S(=O)(=O)N2CC(=O)Nc1cc([N+](=O)[O-])ccc1C. The molecular weight excluding hydrogens is 418 g/mol. The standard InChI is InChI=1S/C22H19N3O5S/c1-14-7-10-20-18(11-14)17-5-3-4-6-21(17)31(29,30)24(20)13-22(26)23-19-12-16(25(27)28)9-8-15(19)2/h3-12H,13H2,1-2H3,(H,23,26). The van der Waals surface area contributed by atoms with E-state index in [0.29, 0.717) is 16.8 Å². The molecule has 1 aliphatic rings. The molecule has 0 unspecified atom stereocenters. The van der Waals surface area contributed by atoms with Crippen molar-refractivity contribution in [2.45, 2.75) is 18.7 Å². The molecule has 0 atom stereocenters. The van der Waals surface area contributed by atoms with Gasteiger partial charge in [-0.2, -0.15) is 0 Å². The summed E-state index contributed by atoms with van der Waals surface area (Å²) < 4.78 is 27.7. The van der Waals surface area contributed by atoms with Crippen LogP contribution in [0.5, 0.6) is 0 Å². The highest BCUT2D eigenvalue weighted by Gasteiger charge is 2.35. The number of benzene rings is 3. The molecule has 1 heterocycles. The summed E-state index contributed by atoms with van der Waals surface area (Å²) in [5.74, 6) is -0.599. The maximum absolute atomic E-state index is 13.3. The van der Waals surface area contributed by atoms with Gasteiger partial charge in [0.05, 0.1) is 21.2 Å². The number of anilines is 2. The number of rotatable bonds is 4. The third kappa shape index (κ3) is 3.64. The van der Waals surface area contributed by atoms with Gasteiger partial charge in [-0.15, -0.1) is 0 Å². The molecule has 0 aliphatic carbocycles. The van der Waals surface area contributed by atoms with Crippen LogP contribution in [0.3, 0.4) is 0 Å². The lowest BCUT2D eigenvalue weighted by Gasteiger charge is -2.31. The van der Waals surface area contributed by atoms with Crippen LogP contribution >= 0.6 is 0 Å². The molecule has 0 saturated heterocycles. The quantitative estimate of drug-likeness (QED) is 0.490. The van der Waals surface area contributed by atoms with Gasteiger partial charge in [-0.05, 0) is 37.6 Å². The number of fused-ring (bicyclic) bond motifs is 3. The first kappa shape index (κ1) is 20.5. The van der Waals surface area contributed by atoms with Crippen molar-refractivity contribution in [1.82, 2.24) is 0 Å². The van der Waals surface area contributed by atoms with E-state index in [1.165, 1.54) is 24.3 Å². The Bertz CT molecular complexity index is 1330. The van der Waals surface area contributed by atoms with Gasteiger partial charge in [0, 0.05) is 23.3 Å². The summed E-state index contributed by atoms with van der Waals surface area (Å²) >= 11 is 0. The topological polar surface area (TPSA) is 110 Å². The lowest BCUT2D eigenvalue weighted by atomic mass is 10.0. The molecule has 0 radical (unpaired) electrons. The summed E-state index contributed by atoms with van der Waals surface area (Å²) in [6.45, 7) is 3.15. The van der Waals surface area contributed by atoms with Gasteiger partial charge in [0.25, 0.3) is 15.7 Å². The van der Waals surface area contributed by atoms with Crippen LogP contribution < -0.4 is 9.62 Å². The number of hydrogen-bond donors (Lipinski definition) is 1. The number of nitrogens with zero attached hydrogens (tertiary/aromatic N) is 2. The van der Waals surface area contributed by atoms with Crippen LogP contribution in [-0.4, -0.2) is 25.8 Å². The van der Waals surface area contributed by atoms with Crippen molar-refractivity contribution in [2.24, 2.45) is 0 Å². The average molecular weight is 437 g/mol. The third-order valence-electron chi connectivity index (χ3n) is 5.16. The summed E-state index contributed by atoms with van der Waals surface area (Å²) in [7, 11) is -3.96. The lowest BCUT2D eigenvalue weighted by Crippen LogP contribution is -2.40. The Balaban J connectivity index is 1.71. The summed E-state index contributed by atoms with van der Waals surface area (Å²) in [5.41, 5.74) is 3.41. The van der Waals surface area contributed by atoms with Crippen molar-refractivity contribution in [3.8, 4) is 11.1 Å². The minimum absolute atomic E-state index is 0.132. The zero-order valence-corrected chi connectivity index (χ0v) is 17.6. The fraction of sp³-hybridized carbons (Fsp3) is 0.136. The predicted octanol–water partition coefficient (Wildman–Crippen LogP) is 4.03. The van der Waals surface area contributed by atoms with Gasteiger partial charge in [0.15, 0.2) is 0 Å². The first-order valence-corrected chi connectivity index (χ1v) is 10.9. The van der Waals surface area contributed by atoms with Crippen molar-refractivity contribution < 1.29 is 18.1 Å². The van der Waals surface area contributed by atoms with Crippen LogP contribution in [0.15, 0.2) is 65.6 Å². The third-order valence-corrected chi connectivity index (χ3v) is 6.98. The van der Waals surface area contributed by atoms with Gasteiger partial charge in [0.2, 0.25) is 5.91 Å². The van der Waals surface area contributed by atoms with Crippen LogP contribution in [0.1, 0.15) is 11.1 Å². The molecule has 1 N–H and O–H groups in total. The van der Waals surface area contributed by atoms with Crippen molar-refractivity contribution >= 4 is 33.0 Å². The molecule has 31 heavy (non-hydrogen) atoms. The van der Waals surface area contributed by atoms with E-state index in [9.17, 15) is 23.3 Å². The smallest absolute Gasteiger partial charge is 0.271 e. The molecule has 0 spiro atoms. The second-order valence-electron chi connectivity index (χ2n) is 7.33. The van der Waals surface area contributed by atoms with Gasteiger partial charge in [-0.3, -0.25) is 19.2 Å². The molecule has 1 aliphatic heterocycles. The Kier molecular flexibility index (Phi) is 4.98. The van der Waals surface area contributed by atoms with Gasteiger partial charge in [0.1, 0.15) is 6.54 Å². The highest BCUT2D eigenvalue weighted by Crippen LogP contribution is 2.43. The number of non-ortho nitro benzene ring substituents is 1. The predicted molar refractivity (Wildman–Crippen MR) is 118 cm³/mol. The number of aryl methyl sites for hydroxylation is 2. The average Bonchev–Trinajstić information content (AvgIpc) is 2.73. The first-order chi connectivity index (χ1) is 14.7. The molecular formula is C22H19N3O5S. The molecule has 4 rings (SSSR count). The lowest BCUT2D eigenvalue weighted by molar-refractivity contribution is -0.384.